The Kier molecular flexibility index (Phi) is 4.71. The molecule has 28 heavy (non-hydrogen) atoms. The van der Waals surface area contributed by atoms with Gasteiger partial charge in [0.25, 0.3) is 10.0 Å². The highest BCUT2D eigenvalue weighted by Crippen LogP contribution is 2.38. The average molecular weight is 398 g/mol. The van der Waals surface area contributed by atoms with E-state index >= 15 is 0 Å². The van der Waals surface area contributed by atoms with Crippen molar-refractivity contribution in [2.45, 2.75) is 50.8 Å². The standard InChI is InChI=1S/C21H23N3O3S/c1-13-10-14(2)20(15(3)11-13)28(25,26)24-18-7-5-4-6-17(18)12-19-22-21(23-27-19)16-8-9-16/h4-7,10-11,16,24H,8-9,12H2,1-3H3. The van der Waals surface area contributed by atoms with Gasteiger partial charge >= 0.3 is 0 Å². The van der Waals surface area contributed by atoms with Gasteiger partial charge in [-0.3, -0.25) is 4.72 Å². The van der Waals surface area contributed by atoms with Crippen LogP contribution in [0.15, 0.2) is 45.8 Å². The summed E-state index contributed by atoms with van der Waals surface area (Å²) in [6.45, 7) is 5.59. The molecule has 0 spiro atoms. The largest absolute Gasteiger partial charge is 0.339 e. The summed E-state index contributed by atoms with van der Waals surface area (Å²) in [7, 11) is -3.72. The fourth-order valence-corrected chi connectivity index (χ4v) is 5.13. The number of anilines is 1. The van der Waals surface area contributed by atoms with Crippen LogP contribution in [0.5, 0.6) is 0 Å². The molecule has 2 aromatic carbocycles. The lowest BCUT2D eigenvalue weighted by molar-refractivity contribution is 0.379. The molecule has 1 aromatic heterocycles. The Balaban J connectivity index is 1.63. The Hall–Kier alpha value is -2.67. The highest BCUT2D eigenvalue weighted by Gasteiger charge is 2.29. The molecule has 1 aliphatic carbocycles. The van der Waals surface area contributed by atoms with Crippen LogP contribution in [0.2, 0.25) is 0 Å². The number of benzene rings is 2. The van der Waals surface area contributed by atoms with Crippen LogP contribution in [0, 0.1) is 20.8 Å². The number of rotatable bonds is 6. The Bertz CT molecular complexity index is 1110. The quantitative estimate of drug-likeness (QED) is 0.672. The van der Waals surface area contributed by atoms with Crippen LogP contribution in [0.25, 0.3) is 0 Å². The van der Waals surface area contributed by atoms with Gasteiger partial charge in [-0.2, -0.15) is 4.98 Å². The first-order valence-electron chi connectivity index (χ1n) is 9.34. The summed E-state index contributed by atoms with van der Waals surface area (Å²) >= 11 is 0. The van der Waals surface area contributed by atoms with Crippen LogP contribution in [-0.4, -0.2) is 18.6 Å². The van der Waals surface area contributed by atoms with Crippen LogP contribution >= 0.6 is 0 Å². The predicted molar refractivity (Wildman–Crippen MR) is 107 cm³/mol. The van der Waals surface area contributed by atoms with Crippen molar-refractivity contribution in [2.24, 2.45) is 0 Å². The van der Waals surface area contributed by atoms with Crippen molar-refractivity contribution in [3.63, 3.8) is 0 Å². The maximum absolute atomic E-state index is 13.1. The zero-order valence-electron chi connectivity index (χ0n) is 16.2. The van der Waals surface area contributed by atoms with Crippen molar-refractivity contribution in [1.29, 1.82) is 0 Å². The van der Waals surface area contributed by atoms with Crippen LogP contribution < -0.4 is 4.72 Å². The molecule has 4 rings (SSSR count). The SMILES string of the molecule is Cc1cc(C)c(S(=O)(=O)Nc2ccccc2Cc2nc(C3CC3)no2)c(C)c1. The smallest absolute Gasteiger partial charge is 0.262 e. The first-order valence-corrected chi connectivity index (χ1v) is 10.8. The van der Waals surface area contributed by atoms with E-state index < -0.39 is 10.0 Å². The molecule has 1 aliphatic rings. The van der Waals surface area contributed by atoms with Gasteiger partial charge in [-0.05, 0) is 56.4 Å². The second kappa shape index (κ2) is 7.05. The molecule has 1 fully saturated rings. The number of nitrogens with zero attached hydrogens (tertiary/aromatic N) is 2. The molecule has 7 heteroatoms. The summed E-state index contributed by atoms with van der Waals surface area (Å²) in [6.07, 6.45) is 2.58. The number of hydrogen-bond acceptors (Lipinski definition) is 5. The van der Waals surface area contributed by atoms with Gasteiger partial charge in [0.15, 0.2) is 5.82 Å². The van der Waals surface area contributed by atoms with E-state index in [2.05, 4.69) is 14.9 Å². The summed E-state index contributed by atoms with van der Waals surface area (Å²) < 4.78 is 34.3. The first-order chi connectivity index (χ1) is 13.3. The third kappa shape index (κ3) is 3.80. The van der Waals surface area contributed by atoms with Gasteiger partial charge in [0.2, 0.25) is 5.89 Å². The molecular weight excluding hydrogens is 374 g/mol. The minimum Gasteiger partial charge on any atom is -0.339 e. The fourth-order valence-electron chi connectivity index (χ4n) is 3.57. The highest BCUT2D eigenvalue weighted by atomic mass is 32.2. The average Bonchev–Trinajstić information content (AvgIpc) is 3.35. The number of sulfonamides is 1. The highest BCUT2D eigenvalue weighted by molar-refractivity contribution is 7.92. The number of aryl methyl sites for hydroxylation is 3. The van der Waals surface area contributed by atoms with E-state index in [-0.39, 0.29) is 0 Å². The molecule has 1 N–H and O–H groups in total. The van der Waals surface area contributed by atoms with Crippen LogP contribution in [0.1, 0.15) is 52.7 Å². The second-order valence-electron chi connectivity index (χ2n) is 7.49. The molecule has 0 atom stereocenters. The van der Waals surface area contributed by atoms with Gasteiger partial charge in [0.1, 0.15) is 0 Å². The minimum absolute atomic E-state index is 0.321. The number of hydrogen-bond donors (Lipinski definition) is 1. The number of aromatic nitrogens is 2. The Labute approximate surface area is 165 Å². The van der Waals surface area contributed by atoms with E-state index in [1.165, 1.54) is 0 Å². The van der Waals surface area contributed by atoms with Gasteiger partial charge in [-0.1, -0.05) is 41.1 Å². The van der Waals surface area contributed by atoms with Crippen LogP contribution in [0.4, 0.5) is 5.69 Å². The molecule has 3 aromatic rings. The second-order valence-corrected chi connectivity index (χ2v) is 9.11. The third-order valence-corrected chi connectivity index (χ3v) is 6.57. The zero-order chi connectivity index (χ0) is 19.9. The number of nitrogens with one attached hydrogen (secondary N) is 1. The summed E-state index contributed by atoms with van der Waals surface area (Å²) in [5.74, 6) is 1.66. The number of para-hydroxylation sites is 1. The van der Waals surface area contributed by atoms with E-state index in [9.17, 15) is 8.42 Å². The van der Waals surface area contributed by atoms with E-state index in [1.807, 2.05) is 45.0 Å². The molecule has 0 unspecified atom stereocenters. The van der Waals surface area contributed by atoms with Crippen molar-refractivity contribution < 1.29 is 12.9 Å². The van der Waals surface area contributed by atoms with Gasteiger partial charge in [-0.25, -0.2) is 8.42 Å². The summed E-state index contributed by atoms with van der Waals surface area (Å²) in [5, 5.41) is 4.03. The van der Waals surface area contributed by atoms with Crippen molar-refractivity contribution in [1.82, 2.24) is 10.1 Å². The van der Waals surface area contributed by atoms with Crippen molar-refractivity contribution in [3.05, 3.63) is 70.4 Å². The molecule has 0 bridgehead atoms. The molecule has 146 valence electrons. The molecule has 0 aliphatic heterocycles. The molecule has 0 saturated heterocycles. The Morgan fingerprint density at radius 2 is 1.79 bits per heavy atom. The Morgan fingerprint density at radius 3 is 2.46 bits per heavy atom. The van der Waals surface area contributed by atoms with Gasteiger partial charge in [-0.15, -0.1) is 0 Å². The monoisotopic (exact) mass is 397 g/mol. The predicted octanol–water partition coefficient (Wildman–Crippen LogP) is 4.26. The third-order valence-electron chi connectivity index (χ3n) is 4.90. The van der Waals surface area contributed by atoms with Gasteiger partial charge < -0.3 is 4.52 Å². The van der Waals surface area contributed by atoms with Crippen LogP contribution in [-0.2, 0) is 16.4 Å². The molecule has 6 nitrogen and oxygen atoms in total. The van der Waals surface area contributed by atoms with E-state index in [4.69, 9.17) is 4.52 Å². The topological polar surface area (TPSA) is 85.1 Å². The molecule has 1 saturated carbocycles. The normalized spacial score (nSPS) is 14.2. The minimum atomic E-state index is -3.72. The lowest BCUT2D eigenvalue weighted by atomic mass is 10.1. The zero-order valence-corrected chi connectivity index (χ0v) is 17.0. The summed E-state index contributed by atoms with van der Waals surface area (Å²) in [4.78, 5) is 4.77. The fraction of sp³-hybridized carbons (Fsp3) is 0.333. The lowest BCUT2D eigenvalue weighted by Gasteiger charge is -2.15. The van der Waals surface area contributed by atoms with Gasteiger partial charge in [0, 0.05) is 5.92 Å². The van der Waals surface area contributed by atoms with E-state index in [0.29, 0.717) is 28.8 Å². The molecule has 0 radical (unpaired) electrons. The molecule has 0 amide bonds. The lowest BCUT2D eigenvalue weighted by Crippen LogP contribution is -2.17. The maximum Gasteiger partial charge on any atom is 0.262 e. The van der Waals surface area contributed by atoms with Crippen molar-refractivity contribution in [3.8, 4) is 0 Å². The maximum atomic E-state index is 13.1. The summed E-state index contributed by atoms with van der Waals surface area (Å²) in [5.41, 5.74) is 3.81. The van der Waals surface area contributed by atoms with Gasteiger partial charge in [0.05, 0.1) is 17.0 Å². The van der Waals surface area contributed by atoms with Crippen LogP contribution in [0.3, 0.4) is 0 Å². The van der Waals surface area contributed by atoms with Crippen molar-refractivity contribution >= 4 is 15.7 Å². The molecular formula is C21H23N3O3S. The van der Waals surface area contributed by atoms with E-state index in [1.54, 1.807) is 12.1 Å². The summed E-state index contributed by atoms with van der Waals surface area (Å²) in [6, 6.07) is 11.1. The van der Waals surface area contributed by atoms with Crippen molar-refractivity contribution in [2.75, 3.05) is 4.72 Å². The van der Waals surface area contributed by atoms with E-state index in [0.717, 1.165) is 40.9 Å². The molecule has 1 heterocycles. The Morgan fingerprint density at radius 1 is 1.11 bits per heavy atom. The first kappa shape index (κ1) is 18.7.